The van der Waals surface area contributed by atoms with E-state index in [2.05, 4.69) is 37.5 Å². The molecule has 2 fully saturated rings. The van der Waals surface area contributed by atoms with Crippen LogP contribution in [0.3, 0.4) is 0 Å². The summed E-state index contributed by atoms with van der Waals surface area (Å²) in [5.41, 5.74) is 2.01. The first-order chi connectivity index (χ1) is 11.8. The van der Waals surface area contributed by atoms with Crippen LogP contribution in [0.5, 0.6) is 0 Å². The summed E-state index contributed by atoms with van der Waals surface area (Å²) in [4.78, 5) is 0. The Morgan fingerprint density at radius 3 is 0.630 bits per heavy atom. The Morgan fingerprint density at radius 2 is 0.593 bits per heavy atom. The van der Waals surface area contributed by atoms with Crippen molar-refractivity contribution in [1.29, 1.82) is 0 Å². The summed E-state index contributed by atoms with van der Waals surface area (Å²) in [7, 11) is 0. The summed E-state index contributed by atoms with van der Waals surface area (Å²) >= 11 is 0. The van der Waals surface area contributed by atoms with Gasteiger partial charge in [0.2, 0.25) is 0 Å². The zero-order valence-corrected chi connectivity index (χ0v) is 19.4. The van der Waals surface area contributed by atoms with Crippen molar-refractivity contribution >= 4 is 18.9 Å². The van der Waals surface area contributed by atoms with E-state index in [0.717, 1.165) is 0 Å². The molecule has 2 saturated carbocycles. The van der Waals surface area contributed by atoms with Gasteiger partial charge in [-0.3, -0.25) is 17.8 Å². The van der Waals surface area contributed by atoms with Crippen LogP contribution < -0.4 is 0 Å². The third-order valence-corrected chi connectivity index (χ3v) is 1.75. The van der Waals surface area contributed by atoms with Crippen molar-refractivity contribution in [3.8, 4) is 17.8 Å². The Labute approximate surface area is 202 Å². The topological polar surface area (TPSA) is 0 Å². The molecule has 0 aromatic carbocycles. The van der Waals surface area contributed by atoms with Crippen LogP contribution in [0.1, 0.15) is 20.8 Å². The van der Waals surface area contributed by atoms with Gasteiger partial charge in [0.15, 0.2) is 0 Å². The monoisotopic (exact) mass is 422 g/mol. The van der Waals surface area contributed by atoms with Crippen LogP contribution in [0.2, 0.25) is 0 Å². The third kappa shape index (κ3) is 58.6. The minimum absolute atomic E-state index is 0. The molecule has 2 rings (SSSR count). The molecular weight excluding hydrogens is 398 g/mol. The molecule has 130 valence electrons. The van der Waals surface area contributed by atoms with E-state index in [1.807, 2.05) is 64.2 Å². The molecular formula is C25H25LiZr. The van der Waals surface area contributed by atoms with E-state index in [1.54, 1.807) is 20.8 Å². The van der Waals surface area contributed by atoms with Crippen molar-refractivity contribution in [1.82, 2.24) is 0 Å². The Morgan fingerprint density at radius 1 is 0.519 bits per heavy atom. The minimum Gasteiger partial charge on any atom is -0.366 e. The van der Waals surface area contributed by atoms with Gasteiger partial charge in [-0.25, -0.2) is 0 Å². The van der Waals surface area contributed by atoms with Gasteiger partial charge >= 0.3 is 26.2 Å². The molecule has 0 bridgehead atoms. The molecule has 0 aliphatic heterocycles. The fraction of sp³-hybridized carbons (Fsp3) is 0.120. The van der Waals surface area contributed by atoms with Crippen molar-refractivity contribution in [2.75, 3.05) is 0 Å². The van der Waals surface area contributed by atoms with Gasteiger partial charge in [-0.2, -0.15) is 36.5 Å². The number of hydrogen-bond acceptors (Lipinski definition) is 0. The van der Waals surface area contributed by atoms with E-state index in [9.17, 15) is 0 Å². The van der Waals surface area contributed by atoms with Crippen LogP contribution in [-0.2, 0) is 26.2 Å². The molecule has 0 spiro atoms. The predicted octanol–water partition coefficient (Wildman–Crippen LogP) is 5.12. The average Bonchev–Trinajstić information content (AvgIpc) is 3.33. The predicted molar refractivity (Wildman–Crippen MR) is 115 cm³/mol. The fourth-order valence-electron chi connectivity index (χ4n) is 0.642. The maximum absolute atomic E-state index is 6.31. The molecule has 2 aliphatic rings. The van der Waals surface area contributed by atoms with E-state index in [0.29, 0.717) is 16.7 Å². The Kier molecular flexibility index (Phi) is 45.4. The SMILES string of the molecule is [C-]#CC(=C)C.[C-]#CC(=C)C.[C-]#CC(=C)C.[CH]1[CH][CH][CH][CH]1.[CH]1[CH][CH][CH][CH]1.[Li].[Zr+3]. The van der Waals surface area contributed by atoms with Crippen molar-refractivity contribution in [2.45, 2.75) is 20.8 Å². The molecule has 0 N–H and O–H groups in total. The second-order valence-corrected chi connectivity index (χ2v) is 4.64. The van der Waals surface area contributed by atoms with Crippen molar-refractivity contribution in [3.63, 3.8) is 0 Å². The summed E-state index contributed by atoms with van der Waals surface area (Å²) < 4.78 is 0. The van der Waals surface area contributed by atoms with E-state index >= 15 is 0 Å². The van der Waals surface area contributed by atoms with E-state index in [-0.39, 0.29) is 45.1 Å². The number of hydrogen-bond donors (Lipinski definition) is 0. The van der Waals surface area contributed by atoms with Crippen LogP contribution in [0.15, 0.2) is 36.5 Å². The number of allylic oxidation sites excluding steroid dienone is 3. The standard InChI is InChI=1S/5C5H5.Li.Zr/c2*1-2-4-5-3-1;3*1-4-5(2)3;;/h2*1-5H;3*2H2,3H3;;/q;;3*-1;;+3. The Balaban J connectivity index is -0.0000000733. The van der Waals surface area contributed by atoms with Gasteiger partial charge in [0.05, 0.1) is 0 Å². The Hall–Kier alpha value is -0.619. The summed E-state index contributed by atoms with van der Waals surface area (Å²) in [6.07, 6.45) is 38.9. The van der Waals surface area contributed by atoms with Crippen molar-refractivity contribution < 1.29 is 26.2 Å². The molecule has 0 amide bonds. The van der Waals surface area contributed by atoms with Gasteiger partial charge in [0, 0.05) is 18.9 Å². The van der Waals surface area contributed by atoms with Crippen molar-refractivity contribution in [2.24, 2.45) is 0 Å². The zero-order valence-electron chi connectivity index (χ0n) is 16.9. The molecule has 0 nitrogen and oxygen atoms in total. The molecule has 0 unspecified atom stereocenters. The van der Waals surface area contributed by atoms with Gasteiger partial charge in [0.1, 0.15) is 0 Å². The molecule has 0 aromatic rings. The van der Waals surface area contributed by atoms with E-state index < -0.39 is 0 Å². The van der Waals surface area contributed by atoms with Gasteiger partial charge < -0.3 is 19.3 Å². The first-order valence-electron chi connectivity index (χ1n) is 7.39. The second kappa shape index (κ2) is 33.0. The number of rotatable bonds is 0. The summed E-state index contributed by atoms with van der Waals surface area (Å²) in [5, 5.41) is 0. The summed E-state index contributed by atoms with van der Waals surface area (Å²) in [6, 6.07) is 0. The average molecular weight is 424 g/mol. The first kappa shape index (κ1) is 37.2. The van der Waals surface area contributed by atoms with Gasteiger partial charge in [-0.15, -0.1) is 20.8 Å². The first-order valence-corrected chi connectivity index (χ1v) is 7.39. The maximum atomic E-state index is 6.31. The summed E-state index contributed by atoms with van der Waals surface area (Å²) in [5.74, 6) is 6.25. The van der Waals surface area contributed by atoms with Crippen LogP contribution >= 0.6 is 0 Å². The largest absolute Gasteiger partial charge is 3.00 e. The van der Waals surface area contributed by atoms with Gasteiger partial charge in [-0.1, -0.05) is 0 Å². The van der Waals surface area contributed by atoms with Crippen LogP contribution in [0.4, 0.5) is 0 Å². The van der Waals surface area contributed by atoms with E-state index in [1.165, 1.54) is 0 Å². The van der Waals surface area contributed by atoms with Gasteiger partial charge in [0.25, 0.3) is 0 Å². The third-order valence-electron chi connectivity index (χ3n) is 1.75. The molecule has 2 aliphatic carbocycles. The fourth-order valence-corrected chi connectivity index (χ4v) is 0.642. The Bertz CT molecular complexity index is 390. The smallest absolute Gasteiger partial charge is 0.366 e. The molecule has 0 aromatic heterocycles. The van der Waals surface area contributed by atoms with Crippen LogP contribution in [-0.4, -0.2) is 18.9 Å². The molecule has 12 radical (unpaired) electrons. The molecule has 27 heavy (non-hydrogen) atoms. The summed E-state index contributed by atoms with van der Waals surface area (Å²) in [6.45, 7) is 15.3. The normalized spacial score (nSPS) is 12.0. The quantitative estimate of drug-likeness (QED) is 0.288. The molecule has 0 heterocycles. The maximum Gasteiger partial charge on any atom is 3.00 e. The van der Waals surface area contributed by atoms with E-state index in [4.69, 9.17) is 19.3 Å². The molecule has 0 saturated heterocycles. The van der Waals surface area contributed by atoms with Gasteiger partial charge in [-0.05, 0) is 64.2 Å². The molecule has 0 atom stereocenters. The molecule has 2 heteroatoms. The second-order valence-electron chi connectivity index (χ2n) is 4.64. The van der Waals surface area contributed by atoms with Crippen molar-refractivity contribution in [3.05, 3.63) is 120 Å². The zero-order chi connectivity index (χ0) is 19.9. The van der Waals surface area contributed by atoms with Crippen LogP contribution in [0, 0.1) is 101 Å². The minimum atomic E-state index is 0. The van der Waals surface area contributed by atoms with Crippen LogP contribution in [0.25, 0.3) is 0 Å².